The Hall–Kier alpha value is -2.40. The van der Waals surface area contributed by atoms with E-state index in [2.05, 4.69) is 24.5 Å². The van der Waals surface area contributed by atoms with E-state index in [1.165, 1.54) is 0 Å². The first kappa shape index (κ1) is 19.9. The van der Waals surface area contributed by atoms with Crippen LogP contribution >= 0.6 is 11.6 Å². The van der Waals surface area contributed by atoms with Crippen LogP contribution in [-0.2, 0) is 4.79 Å². The maximum Gasteiger partial charge on any atom is 0.262 e. The lowest BCUT2D eigenvalue weighted by molar-refractivity contribution is -0.118. The molecule has 0 unspecified atom stereocenters. The van der Waals surface area contributed by atoms with Crippen LogP contribution in [0.15, 0.2) is 42.5 Å². The Kier molecular flexibility index (Phi) is 7.60. The van der Waals surface area contributed by atoms with Crippen LogP contribution in [0.5, 0.6) is 11.5 Å². The van der Waals surface area contributed by atoms with Crippen molar-refractivity contribution in [2.24, 2.45) is 5.92 Å². The highest BCUT2D eigenvalue weighted by Gasteiger charge is 2.10. The van der Waals surface area contributed by atoms with Crippen molar-refractivity contribution in [1.29, 1.82) is 0 Å². The molecule has 0 saturated carbocycles. The van der Waals surface area contributed by atoms with Gasteiger partial charge in [0.15, 0.2) is 6.61 Å². The Morgan fingerprint density at radius 2 is 1.73 bits per heavy atom. The summed E-state index contributed by atoms with van der Waals surface area (Å²) in [4.78, 5) is 12.2. The topological polar surface area (TPSA) is 59.6 Å². The number of nitrogens with one attached hydrogen (secondary N) is 2. The molecule has 2 aromatic rings. The number of carbonyl (C=O) groups is 1. The van der Waals surface area contributed by atoms with Crippen LogP contribution in [0.4, 0.5) is 11.4 Å². The highest BCUT2D eigenvalue weighted by atomic mass is 35.5. The summed E-state index contributed by atoms with van der Waals surface area (Å²) in [5, 5.41) is 6.85. The van der Waals surface area contributed by atoms with Crippen molar-refractivity contribution in [2.45, 2.75) is 20.8 Å². The lowest BCUT2D eigenvalue weighted by atomic mass is 10.2. The molecule has 5 nitrogen and oxygen atoms in total. The normalized spacial score (nSPS) is 10.5. The Balaban J connectivity index is 2.01. The Labute approximate surface area is 159 Å². The van der Waals surface area contributed by atoms with Gasteiger partial charge in [-0.2, -0.15) is 0 Å². The van der Waals surface area contributed by atoms with E-state index < -0.39 is 0 Å². The highest BCUT2D eigenvalue weighted by molar-refractivity contribution is 6.30. The van der Waals surface area contributed by atoms with Gasteiger partial charge >= 0.3 is 0 Å². The van der Waals surface area contributed by atoms with Crippen LogP contribution in [0.25, 0.3) is 0 Å². The minimum atomic E-state index is -0.239. The summed E-state index contributed by atoms with van der Waals surface area (Å²) >= 11 is 5.83. The zero-order chi connectivity index (χ0) is 18.9. The van der Waals surface area contributed by atoms with Crippen molar-refractivity contribution in [2.75, 3.05) is 30.4 Å². The van der Waals surface area contributed by atoms with E-state index in [1.54, 1.807) is 24.3 Å². The number of rotatable bonds is 9. The fourth-order valence-corrected chi connectivity index (χ4v) is 2.34. The van der Waals surface area contributed by atoms with Crippen molar-refractivity contribution >= 4 is 28.9 Å². The van der Waals surface area contributed by atoms with Gasteiger partial charge in [-0.15, -0.1) is 0 Å². The smallest absolute Gasteiger partial charge is 0.262 e. The van der Waals surface area contributed by atoms with Crippen molar-refractivity contribution in [3.63, 3.8) is 0 Å². The molecule has 2 rings (SSSR count). The van der Waals surface area contributed by atoms with E-state index in [0.29, 0.717) is 29.0 Å². The zero-order valence-corrected chi connectivity index (χ0v) is 16.1. The number of ether oxygens (including phenoxy) is 2. The van der Waals surface area contributed by atoms with Gasteiger partial charge in [-0.3, -0.25) is 4.79 Å². The van der Waals surface area contributed by atoms with E-state index in [0.717, 1.165) is 18.0 Å². The molecule has 0 spiro atoms. The maximum atomic E-state index is 12.2. The van der Waals surface area contributed by atoms with Crippen LogP contribution in [0.1, 0.15) is 20.8 Å². The second-order valence-electron chi connectivity index (χ2n) is 6.21. The molecule has 0 radical (unpaired) electrons. The number of hydrogen-bond acceptors (Lipinski definition) is 4. The molecule has 0 fully saturated rings. The second kappa shape index (κ2) is 9.92. The molecular formula is C20H25ClN2O3. The first-order chi connectivity index (χ1) is 12.5. The van der Waals surface area contributed by atoms with Gasteiger partial charge in [-0.05, 0) is 49.2 Å². The van der Waals surface area contributed by atoms with Gasteiger partial charge in [-0.25, -0.2) is 0 Å². The van der Waals surface area contributed by atoms with E-state index in [9.17, 15) is 4.79 Å². The average molecular weight is 377 g/mol. The largest absolute Gasteiger partial charge is 0.494 e. The lowest BCUT2D eigenvalue weighted by Crippen LogP contribution is -2.21. The molecule has 6 heteroatoms. The number of carbonyl (C=O) groups excluding carboxylic acids is 1. The third kappa shape index (κ3) is 6.48. The van der Waals surface area contributed by atoms with Crippen LogP contribution < -0.4 is 20.1 Å². The molecule has 1 amide bonds. The standard InChI is InChI=1S/C20H25ClN2O3/c1-4-25-17-9-10-18(19(11-17)22-12-14(2)3)23-20(24)13-26-16-7-5-15(21)6-8-16/h5-11,14,22H,4,12-13H2,1-3H3,(H,23,24). The van der Waals surface area contributed by atoms with Crippen LogP contribution in [-0.4, -0.2) is 25.7 Å². The van der Waals surface area contributed by atoms with Gasteiger partial charge in [0.05, 0.1) is 18.0 Å². The number of halogens is 1. The molecule has 0 atom stereocenters. The SMILES string of the molecule is CCOc1ccc(NC(=O)COc2ccc(Cl)cc2)c(NCC(C)C)c1. The molecule has 2 aromatic carbocycles. The minimum absolute atomic E-state index is 0.0849. The molecule has 0 saturated heterocycles. The fraction of sp³-hybridized carbons (Fsp3) is 0.350. The summed E-state index contributed by atoms with van der Waals surface area (Å²) in [6, 6.07) is 12.4. The first-order valence-electron chi connectivity index (χ1n) is 8.67. The summed E-state index contributed by atoms with van der Waals surface area (Å²) in [6.45, 7) is 7.47. The van der Waals surface area contributed by atoms with Crippen molar-refractivity contribution in [3.05, 3.63) is 47.5 Å². The first-order valence-corrected chi connectivity index (χ1v) is 9.04. The second-order valence-corrected chi connectivity index (χ2v) is 6.64. The molecule has 0 aliphatic carbocycles. The number of benzene rings is 2. The predicted molar refractivity (Wildman–Crippen MR) is 107 cm³/mol. The molecule has 26 heavy (non-hydrogen) atoms. The number of amides is 1. The molecular weight excluding hydrogens is 352 g/mol. The summed E-state index contributed by atoms with van der Waals surface area (Å²) < 4.78 is 11.0. The molecule has 0 aliphatic heterocycles. The van der Waals surface area contributed by atoms with Crippen molar-refractivity contribution < 1.29 is 14.3 Å². The summed E-state index contributed by atoms with van der Waals surface area (Å²) in [7, 11) is 0. The van der Waals surface area contributed by atoms with Crippen LogP contribution in [0.3, 0.4) is 0 Å². The summed E-state index contributed by atoms with van der Waals surface area (Å²) in [5.41, 5.74) is 1.52. The number of hydrogen-bond donors (Lipinski definition) is 2. The molecule has 0 aliphatic rings. The Morgan fingerprint density at radius 3 is 2.38 bits per heavy atom. The van der Waals surface area contributed by atoms with Gasteiger partial charge in [0.2, 0.25) is 0 Å². The summed E-state index contributed by atoms with van der Waals surface area (Å²) in [6.07, 6.45) is 0. The van der Waals surface area contributed by atoms with E-state index in [4.69, 9.17) is 21.1 Å². The molecule has 0 heterocycles. The lowest BCUT2D eigenvalue weighted by Gasteiger charge is -2.16. The van der Waals surface area contributed by atoms with E-state index in [1.807, 2.05) is 25.1 Å². The van der Waals surface area contributed by atoms with Gasteiger partial charge in [0, 0.05) is 17.6 Å². The monoisotopic (exact) mass is 376 g/mol. The van der Waals surface area contributed by atoms with E-state index in [-0.39, 0.29) is 12.5 Å². The predicted octanol–water partition coefficient (Wildman–Crippen LogP) is 4.82. The molecule has 2 N–H and O–H groups in total. The number of anilines is 2. The fourth-order valence-electron chi connectivity index (χ4n) is 2.22. The van der Waals surface area contributed by atoms with Gasteiger partial charge < -0.3 is 20.1 Å². The minimum Gasteiger partial charge on any atom is -0.494 e. The average Bonchev–Trinajstić information content (AvgIpc) is 2.61. The maximum absolute atomic E-state index is 12.2. The Bertz CT molecular complexity index is 717. The van der Waals surface area contributed by atoms with E-state index >= 15 is 0 Å². The quantitative estimate of drug-likeness (QED) is 0.658. The van der Waals surface area contributed by atoms with Crippen LogP contribution in [0.2, 0.25) is 5.02 Å². The molecule has 0 aromatic heterocycles. The molecule has 140 valence electrons. The van der Waals surface area contributed by atoms with Crippen molar-refractivity contribution in [3.8, 4) is 11.5 Å². The molecule has 0 bridgehead atoms. The van der Waals surface area contributed by atoms with Crippen LogP contribution in [0, 0.1) is 5.92 Å². The van der Waals surface area contributed by atoms with Crippen molar-refractivity contribution in [1.82, 2.24) is 0 Å². The third-order valence-electron chi connectivity index (χ3n) is 3.46. The van der Waals surface area contributed by atoms with Gasteiger partial charge in [0.1, 0.15) is 11.5 Å². The highest BCUT2D eigenvalue weighted by Crippen LogP contribution is 2.27. The summed E-state index contributed by atoms with van der Waals surface area (Å²) in [5.74, 6) is 1.59. The third-order valence-corrected chi connectivity index (χ3v) is 3.71. The Morgan fingerprint density at radius 1 is 1.04 bits per heavy atom. The van der Waals surface area contributed by atoms with Gasteiger partial charge in [0.25, 0.3) is 5.91 Å². The zero-order valence-electron chi connectivity index (χ0n) is 15.3. The van der Waals surface area contributed by atoms with Gasteiger partial charge in [-0.1, -0.05) is 25.4 Å².